The van der Waals surface area contributed by atoms with E-state index in [0.29, 0.717) is 11.5 Å². The molecule has 7 rings (SSSR count). The molecule has 8 nitrogen and oxygen atoms in total. The van der Waals surface area contributed by atoms with Gasteiger partial charge in [0.05, 0.1) is 0 Å². The first-order valence-corrected chi connectivity index (χ1v) is 12.5. The largest absolute Gasteiger partial charge is 0.474 e. The lowest BCUT2D eigenvalue weighted by molar-refractivity contribution is -0.141. The van der Waals surface area contributed by atoms with Crippen LogP contribution in [-0.4, -0.2) is 45.9 Å². The Hall–Kier alpha value is -2.64. The number of ether oxygens (including phenoxy) is 1. The van der Waals surface area contributed by atoms with Gasteiger partial charge in [-0.3, -0.25) is 14.5 Å². The molecule has 6 fully saturated rings. The standard InChI is InChI=1S/C25H32N4O4/c26-21(30)19-2-1-7-27-22(19)33-18-12-25(13-18)10-17(11-25)29-23(31)20(28-24(29)32)9-16-8-14-3-5-15(16)6-4-14/h1-2,7,14-18,20H,3-6,8-13H2,(H2,26,30)(H,28,32). The number of primary amides is 1. The molecule has 1 aromatic heterocycles. The molecule has 4 amide bonds. The Morgan fingerprint density at radius 1 is 1.18 bits per heavy atom. The number of nitrogens with two attached hydrogens (primary N) is 1. The normalized spacial score (nSPS) is 39.2. The van der Waals surface area contributed by atoms with E-state index in [-0.39, 0.29) is 41.4 Å². The molecule has 176 valence electrons. The lowest BCUT2D eigenvalue weighted by Gasteiger charge is -2.58. The summed E-state index contributed by atoms with van der Waals surface area (Å²) in [6, 6.07) is 2.72. The van der Waals surface area contributed by atoms with Crippen molar-refractivity contribution >= 4 is 17.8 Å². The molecule has 0 radical (unpaired) electrons. The van der Waals surface area contributed by atoms with Gasteiger partial charge in [-0.05, 0) is 86.7 Å². The average Bonchev–Trinajstić information content (AvgIpc) is 3.03. The number of nitrogens with one attached hydrogen (secondary N) is 1. The van der Waals surface area contributed by atoms with Crippen molar-refractivity contribution in [1.82, 2.24) is 15.2 Å². The SMILES string of the molecule is NC(=O)c1cccnc1OC1CC2(C1)CC(N1C(=O)NC(CC3CC4CCC3CC4)C1=O)C2. The van der Waals surface area contributed by atoms with Gasteiger partial charge in [-0.15, -0.1) is 0 Å². The highest BCUT2D eigenvalue weighted by Crippen LogP contribution is 2.58. The first kappa shape index (κ1) is 20.9. The number of carbonyl (C=O) groups excluding carboxylic acids is 3. The van der Waals surface area contributed by atoms with Crippen molar-refractivity contribution in [3.05, 3.63) is 23.9 Å². The van der Waals surface area contributed by atoms with Gasteiger partial charge in [-0.1, -0.05) is 12.8 Å². The quantitative estimate of drug-likeness (QED) is 0.644. The van der Waals surface area contributed by atoms with E-state index in [4.69, 9.17) is 10.5 Å². The molecule has 1 spiro atoms. The fourth-order valence-electron chi connectivity index (χ4n) is 7.44. The Balaban J connectivity index is 1.02. The highest BCUT2D eigenvalue weighted by atomic mass is 16.5. The summed E-state index contributed by atoms with van der Waals surface area (Å²) in [4.78, 5) is 43.0. The minimum Gasteiger partial charge on any atom is -0.474 e. The van der Waals surface area contributed by atoms with E-state index in [0.717, 1.165) is 43.9 Å². The number of imide groups is 1. The van der Waals surface area contributed by atoms with Gasteiger partial charge >= 0.3 is 6.03 Å². The van der Waals surface area contributed by atoms with Gasteiger partial charge < -0.3 is 15.8 Å². The molecular weight excluding hydrogens is 420 g/mol. The van der Waals surface area contributed by atoms with Gasteiger partial charge in [0.2, 0.25) is 5.88 Å². The van der Waals surface area contributed by atoms with Crippen molar-refractivity contribution in [3.8, 4) is 5.88 Å². The van der Waals surface area contributed by atoms with Crippen molar-refractivity contribution < 1.29 is 19.1 Å². The molecule has 2 unspecified atom stereocenters. The van der Waals surface area contributed by atoms with Gasteiger partial charge in [0.1, 0.15) is 17.7 Å². The molecule has 1 aromatic rings. The maximum absolute atomic E-state index is 13.1. The van der Waals surface area contributed by atoms with E-state index < -0.39 is 5.91 Å². The molecule has 1 aliphatic heterocycles. The molecule has 5 saturated carbocycles. The van der Waals surface area contributed by atoms with Gasteiger partial charge in [-0.2, -0.15) is 0 Å². The predicted molar refractivity (Wildman–Crippen MR) is 119 cm³/mol. The number of amides is 4. The molecule has 0 aromatic carbocycles. The molecule has 33 heavy (non-hydrogen) atoms. The van der Waals surface area contributed by atoms with Gasteiger partial charge in [0, 0.05) is 12.2 Å². The van der Waals surface area contributed by atoms with E-state index in [1.165, 1.54) is 37.0 Å². The monoisotopic (exact) mass is 452 g/mol. The molecule has 1 saturated heterocycles. The summed E-state index contributed by atoms with van der Waals surface area (Å²) in [5.74, 6) is 1.86. The number of nitrogens with zero attached hydrogens (tertiary/aromatic N) is 2. The third-order valence-electron chi connectivity index (χ3n) is 9.12. The lowest BCUT2D eigenvalue weighted by atomic mass is 9.52. The van der Waals surface area contributed by atoms with Crippen LogP contribution in [0.2, 0.25) is 0 Å². The van der Waals surface area contributed by atoms with E-state index >= 15 is 0 Å². The summed E-state index contributed by atoms with van der Waals surface area (Å²) < 4.78 is 5.93. The molecule has 8 heteroatoms. The molecule has 3 N–H and O–H groups in total. The van der Waals surface area contributed by atoms with Crippen LogP contribution in [0.1, 0.15) is 74.6 Å². The first-order chi connectivity index (χ1) is 15.9. The third kappa shape index (κ3) is 3.58. The molecule has 2 heterocycles. The van der Waals surface area contributed by atoms with Crippen LogP contribution < -0.4 is 15.8 Å². The summed E-state index contributed by atoms with van der Waals surface area (Å²) in [6.07, 6.45) is 12.2. The Morgan fingerprint density at radius 2 is 1.94 bits per heavy atom. The zero-order chi connectivity index (χ0) is 22.7. The first-order valence-electron chi connectivity index (χ1n) is 12.5. The zero-order valence-corrected chi connectivity index (χ0v) is 18.9. The fraction of sp³-hybridized carbons (Fsp3) is 0.680. The molecule has 2 bridgehead atoms. The van der Waals surface area contributed by atoms with Gasteiger partial charge in [0.15, 0.2) is 0 Å². The molecule has 6 aliphatic rings. The van der Waals surface area contributed by atoms with Crippen LogP contribution in [-0.2, 0) is 4.79 Å². The second kappa shape index (κ2) is 7.71. The van der Waals surface area contributed by atoms with E-state index in [9.17, 15) is 14.4 Å². The van der Waals surface area contributed by atoms with Crippen LogP contribution in [0.15, 0.2) is 18.3 Å². The fourth-order valence-corrected chi connectivity index (χ4v) is 7.44. The highest BCUT2D eigenvalue weighted by molar-refractivity contribution is 6.04. The van der Waals surface area contributed by atoms with Crippen molar-refractivity contribution in [2.45, 2.75) is 82.4 Å². The number of carbonyl (C=O) groups is 3. The number of hydrogen-bond donors (Lipinski definition) is 2. The van der Waals surface area contributed by atoms with E-state index in [1.807, 2.05) is 0 Å². The maximum Gasteiger partial charge on any atom is 0.325 e. The second-order valence-electron chi connectivity index (χ2n) is 11.2. The Labute approximate surface area is 193 Å². The zero-order valence-electron chi connectivity index (χ0n) is 18.9. The summed E-state index contributed by atoms with van der Waals surface area (Å²) in [6.45, 7) is 0. The maximum atomic E-state index is 13.1. The summed E-state index contributed by atoms with van der Waals surface area (Å²) in [5, 5.41) is 2.99. The Kier molecular flexibility index (Phi) is 4.89. The minimum absolute atomic E-state index is 0.0118. The number of aromatic nitrogens is 1. The van der Waals surface area contributed by atoms with Crippen LogP contribution >= 0.6 is 0 Å². The summed E-state index contributed by atoms with van der Waals surface area (Å²) in [5.41, 5.74) is 5.82. The van der Waals surface area contributed by atoms with E-state index in [2.05, 4.69) is 10.3 Å². The van der Waals surface area contributed by atoms with Crippen molar-refractivity contribution in [1.29, 1.82) is 0 Å². The van der Waals surface area contributed by atoms with Crippen LogP contribution in [0.5, 0.6) is 5.88 Å². The van der Waals surface area contributed by atoms with Crippen molar-refractivity contribution in [2.24, 2.45) is 28.9 Å². The average molecular weight is 453 g/mol. The summed E-state index contributed by atoms with van der Waals surface area (Å²) in [7, 11) is 0. The predicted octanol–water partition coefficient (Wildman–Crippen LogP) is 3.01. The van der Waals surface area contributed by atoms with Crippen LogP contribution in [0.25, 0.3) is 0 Å². The number of hydrogen-bond acceptors (Lipinski definition) is 5. The molecule has 2 atom stereocenters. The number of urea groups is 1. The van der Waals surface area contributed by atoms with E-state index in [1.54, 1.807) is 18.3 Å². The topological polar surface area (TPSA) is 115 Å². The van der Waals surface area contributed by atoms with Crippen molar-refractivity contribution in [3.63, 3.8) is 0 Å². The lowest BCUT2D eigenvalue weighted by Crippen LogP contribution is -2.60. The van der Waals surface area contributed by atoms with Crippen molar-refractivity contribution in [2.75, 3.05) is 0 Å². The number of fused-ring (bicyclic) bond motifs is 3. The van der Waals surface area contributed by atoms with Crippen LogP contribution in [0.3, 0.4) is 0 Å². The van der Waals surface area contributed by atoms with Gasteiger partial charge in [-0.25, -0.2) is 9.78 Å². The third-order valence-corrected chi connectivity index (χ3v) is 9.12. The molecular formula is C25H32N4O4. The van der Waals surface area contributed by atoms with Gasteiger partial charge in [0.25, 0.3) is 11.8 Å². The number of rotatable bonds is 6. The number of pyridine rings is 1. The van der Waals surface area contributed by atoms with Crippen LogP contribution in [0, 0.1) is 23.2 Å². The minimum atomic E-state index is -0.551. The summed E-state index contributed by atoms with van der Waals surface area (Å²) >= 11 is 0. The van der Waals surface area contributed by atoms with Crippen LogP contribution in [0.4, 0.5) is 4.79 Å². The Morgan fingerprint density at radius 3 is 2.61 bits per heavy atom. The highest BCUT2D eigenvalue weighted by Gasteiger charge is 2.58. The molecule has 5 aliphatic carbocycles. The Bertz CT molecular complexity index is 974. The second-order valence-corrected chi connectivity index (χ2v) is 11.2. The smallest absolute Gasteiger partial charge is 0.325 e.